The van der Waals surface area contributed by atoms with Gasteiger partial charge in [-0.25, -0.2) is 4.98 Å². The number of nitrogens with one attached hydrogen (secondary N) is 1. The molecule has 0 atom stereocenters. The first-order valence-electron chi connectivity index (χ1n) is 10.9. The number of nitriles is 1. The smallest absolute Gasteiger partial charge is 0.255 e. The number of nitrogens with zero attached hydrogens (tertiary/aromatic N) is 4. The van der Waals surface area contributed by atoms with Gasteiger partial charge in [-0.15, -0.1) is 0 Å². The van der Waals surface area contributed by atoms with E-state index in [1.54, 1.807) is 30.6 Å². The maximum Gasteiger partial charge on any atom is 0.255 e. The number of aromatic nitrogens is 2. The molecule has 0 saturated heterocycles. The van der Waals surface area contributed by atoms with Gasteiger partial charge in [-0.05, 0) is 41.0 Å². The monoisotopic (exact) mass is 433 g/mol. The Labute approximate surface area is 192 Å². The second-order valence-electron chi connectivity index (χ2n) is 8.08. The number of H-pyrrole nitrogens is 1. The molecule has 1 aliphatic heterocycles. The Morgan fingerprint density at radius 3 is 2.61 bits per heavy atom. The lowest BCUT2D eigenvalue weighted by molar-refractivity contribution is 0.0751. The molecule has 0 spiro atoms. The van der Waals surface area contributed by atoms with Crippen molar-refractivity contribution in [3.63, 3.8) is 0 Å². The first-order valence-corrected chi connectivity index (χ1v) is 10.9. The molecule has 1 aliphatic rings. The van der Waals surface area contributed by atoms with Gasteiger partial charge in [-0.2, -0.15) is 5.26 Å². The normalized spacial score (nSPS) is 13.2. The molecule has 0 radical (unpaired) electrons. The summed E-state index contributed by atoms with van der Waals surface area (Å²) in [7, 11) is 0. The highest BCUT2D eigenvalue weighted by molar-refractivity contribution is 5.96. The summed E-state index contributed by atoms with van der Waals surface area (Å²) in [6, 6.07) is 25.8. The molecule has 33 heavy (non-hydrogen) atoms. The average Bonchev–Trinajstić information content (AvgIpc) is 3.32. The highest BCUT2D eigenvalue weighted by Gasteiger charge is 2.26. The molecule has 0 fully saturated rings. The van der Waals surface area contributed by atoms with Gasteiger partial charge in [0.15, 0.2) is 0 Å². The molecule has 5 rings (SSSR count). The van der Waals surface area contributed by atoms with E-state index in [0.29, 0.717) is 37.3 Å². The Hall–Kier alpha value is -4.37. The van der Waals surface area contributed by atoms with Crippen LogP contribution >= 0.6 is 0 Å². The summed E-state index contributed by atoms with van der Waals surface area (Å²) in [4.78, 5) is 25.0. The quantitative estimate of drug-likeness (QED) is 0.510. The minimum atomic E-state index is -0.121. The molecule has 0 saturated carbocycles. The molecule has 0 aliphatic carbocycles. The van der Waals surface area contributed by atoms with Gasteiger partial charge in [-0.3, -0.25) is 4.79 Å². The van der Waals surface area contributed by atoms with Crippen molar-refractivity contribution in [1.82, 2.24) is 14.9 Å². The number of benzene rings is 3. The second kappa shape index (κ2) is 9.01. The molecule has 6 nitrogen and oxygen atoms in total. The molecule has 3 aromatic carbocycles. The van der Waals surface area contributed by atoms with E-state index in [1.165, 1.54) is 0 Å². The molecular formula is C27H23N5O. The van der Waals surface area contributed by atoms with Crippen LogP contribution in [0.2, 0.25) is 0 Å². The lowest BCUT2D eigenvalue weighted by atomic mass is 10.0. The fourth-order valence-corrected chi connectivity index (χ4v) is 4.33. The third-order valence-corrected chi connectivity index (χ3v) is 6.00. The summed E-state index contributed by atoms with van der Waals surface area (Å²) in [6.07, 6.45) is 3.58. The largest absolute Gasteiger partial charge is 0.364 e. The van der Waals surface area contributed by atoms with E-state index in [2.05, 4.69) is 51.3 Å². The number of rotatable bonds is 4. The average molecular weight is 434 g/mol. The first-order chi connectivity index (χ1) is 16.2. The SMILES string of the molecule is N#Cc1ccccc1C(=O)N1CCN(Cc2c[nH]cn2)c2ccc(-c3ccccc3)cc2C1. The lowest BCUT2D eigenvalue weighted by Crippen LogP contribution is -2.35. The topological polar surface area (TPSA) is 76.0 Å². The van der Waals surface area contributed by atoms with E-state index in [4.69, 9.17) is 0 Å². The molecule has 162 valence electrons. The van der Waals surface area contributed by atoms with Crippen molar-refractivity contribution in [2.75, 3.05) is 18.0 Å². The van der Waals surface area contributed by atoms with Crippen LogP contribution in [0.25, 0.3) is 11.1 Å². The van der Waals surface area contributed by atoms with E-state index >= 15 is 0 Å². The fourth-order valence-electron chi connectivity index (χ4n) is 4.33. The molecule has 1 amide bonds. The molecule has 6 heteroatoms. The van der Waals surface area contributed by atoms with E-state index in [1.807, 2.05) is 29.3 Å². The molecule has 0 unspecified atom stereocenters. The Morgan fingerprint density at radius 1 is 1.00 bits per heavy atom. The van der Waals surface area contributed by atoms with Crippen LogP contribution in [0.15, 0.2) is 85.3 Å². The van der Waals surface area contributed by atoms with Crippen molar-refractivity contribution in [2.24, 2.45) is 0 Å². The molecule has 2 heterocycles. The van der Waals surface area contributed by atoms with Gasteiger partial charge in [0.05, 0.1) is 35.8 Å². The number of carbonyl (C=O) groups is 1. The Balaban J connectivity index is 1.53. The van der Waals surface area contributed by atoms with E-state index in [0.717, 1.165) is 28.1 Å². The zero-order valence-electron chi connectivity index (χ0n) is 18.1. The number of hydrogen-bond acceptors (Lipinski definition) is 4. The van der Waals surface area contributed by atoms with Crippen molar-refractivity contribution in [3.8, 4) is 17.2 Å². The van der Waals surface area contributed by atoms with Gasteiger partial charge in [0.1, 0.15) is 0 Å². The summed E-state index contributed by atoms with van der Waals surface area (Å²) < 4.78 is 0. The minimum absolute atomic E-state index is 0.121. The van der Waals surface area contributed by atoms with Crippen molar-refractivity contribution in [1.29, 1.82) is 5.26 Å². The minimum Gasteiger partial charge on any atom is -0.364 e. The summed E-state index contributed by atoms with van der Waals surface area (Å²) in [6.45, 7) is 2.35. The number of fused-ring (bicyclic) bond motifs is 1. The summed E-state index contributed by atoms with van der Waals surface area (Å²) in [5.41, 5.74) is 6.22. The van der Waals surface area contributed by atoms with Crippen molar-refractivity contribution in [3.05, 3.63) is 108 Å². The molecule has 1 N–H and O–H groups in total. The van der Waals surface area contributed by atoms with Gasteiger partial charge < -0.3 is 14.8 Å². The number of carbonyl (C=O) groups excluding carboxylic acids is 1. The van der Waals surface area contributed by atoms with Crippen LogP contribution in [0, 0.1) is 11.3 Å². The summed E-state index contributed by atoms with van der Waals surface area (Å²) in [5.74, 6) is -0.121. The molecule has 4 aromatic rings. The molecular weight excluding hydrogens is 410 g/mol. The molecule has 1 aromatic heterocycles. The highest BCUT2D eigenvalue weighted by Crippen LogP contribution is 2.32. The Morgan fingerprint density at radius 2 is 1.82 bits per heavy atom. The Bertz CT molecular complexity index is 1310. The number of aromatic amines is 1. The Kier molecular flexibility index (Phi) is 5.61. The fraction of sp³-hybridized carbons (Fsp3) is 0.148. The predicted molar refractivity (Wildman–Crippen MR) is 127 cm³/mol. The third-order valence-electron chi connectivity index (χ3n) is 6.00. The maximum absolute atomic E-state index is 13.5. The lowest BCUT2D eigenvalue weighted by Gasteiger charge is -2.24. The predicted octanol–water partition coefficient (Wildman–Crippen LogP) is 4.61. The van der Waals surface area contributed by atoms with Crippen LogP contribution in [0.5, 0.6) is 0 Å². The van der Waals surface area contributed by atoms with Crippen molar-refractivity contribution >= 4 is 11.6 Å². The third kappa shape index (κ3) is 4.21. The van der Waals surface area contributed by atoms with Crippen LogP contribution in [-0.2, 0) is 13.1 Å². The van der Waals surface area contributed by atoms with Crippen LogP contribution in [-0.4, -0.2) is 33.9 Å². The zero-order valence-corrected chi connectivity index (χ0v) is 18.1. The number of imidazole rings is 1. The second-order valence-corrected chi connectivity index (χ2v) is 8.08. The summed E-state index contributed by atoms with van der Waals surface area (Å²) >= 11 is 0. The van der Waals surface area contributed by atoms with Crippen molar-refractivity contribution < 1.29 is 4.79 Å². The van der Waals surface area contributed by atoms with Gasteiger partial charge in [0.25, 0.3) is 5.91 Å². The van der Waals surface area contributed by atoms with Gasteiger partial charge in [0.2, 0.25) is 0 Å². The van der Waals surface area contributed by atoms with Crippen LogP contribution in [0.3, 0.4) is 0 Å². The number of amides is 1. The van der Waals surface area contributed by atoms with Crippen LogP contribution in [0.1, 0.15) is 27.2 Å². The molecule has 0 bridgehead atoms. The highest BCUT2D eigenvalue weighted by atomic mass is 16.2. The van der Waals surface area contributed by atoms with Crippen LogP contribution < -0.4 is 4.90 Å². The number of anilines is 1. The first kappa shape index (κ1) is 20.5. The van der Waals surface area contributed by atoms with Gasteiger partial charge >= 0.3 is 0 Å². The van der Waals surface area contributed by atoms with Crippen LogP contribution in [0.4, 0.5) is 5.69 Å². The van der Waals surface area contributed by atoms with Gasteiger partial charge in [0, 0.05) is 31.5 Å². The van der Waals surface area contributed by atoms with E-state index in [9.17, 15) is 10.1 Å². The van der Waals surface area contributed by atoms with Gasteiger partial charge in [-0.1, -0.05) is 48.5 Å². The zero-order chi connectivity index (χ0) is 22.6. The van der Waals surface area contributed by atoms with Crippen molar-refractivity contribution in [2.45, 2.75) is 13.1 Å². The standard InChI is InChI=1S/C27H23N5O/c28-15-22-8-4-5-9-25(22)27(33)32-13-12-31(18-24-16-29-19-30-24)26-11-10-21(14-23(26)17-32)20-6-2-1-3-7-20/h1-11,14,16,19H,12-13,17-18H2,(H,29,30). The maximum atomic E-state index is 13.5. The van der Waals surface area contributed by atoms with E-state index in [-0.39, 0.29) is 5.91 Å². The summed E-state index contributed by atoms with van der Waals surface area (Å²) in [5, 5.41) is 9.49. The number of hydrogen-bond donors (Lipinski definition) is 1. The van der Waals surface area contributed by atoms with E-state index < -0.39 is 0 Å².